The molecule has 1 heterocycles. The molecule has 1 amide bonds. The van der Waals surface area contributed by atoms with Gasteiger partial charge >= 0.3 is 0 Å². The number of halogens is 2. The highest BCUT2D eigenvalue weighted by molar-refractivity contribution is 6.32. The van der Waals surface area contributed by atoms with Crippen LogP contribution in [0.25, 0.3) is 5.69 Å². The molecule has 30 heavy (non-hydrogen) atoms. The maximum atomic E-state index is 13.3. The Labute approximate surface area is 178 Å². The average Bonchev–Trinajstić information content (AvgIpc) is 3.14. The Morgan fingerprint density at radius 2 is 1.80 bits per heavy atom. The van der Waals surface area contributed by atoms with Crippen molar-refractivity contribution in [3.63, 3.8) is 0 Å². The van der Waals surface area contributed by atoms with Crippen molar-refractivity contribution in [3.05, 3.63) is 64.2 Å². The van der Waals surface area contributed by atoms with Gasteiger partial charge in [0, 0.05) is 17.3 Å². The summed E-state index contributed by atoms with van der Waals surface area (Å²) in [5.74, 6) is 0.204. The van der Waals surface area contributed by atoms with Crippen LogP contribution in [0.1, 0.15) is 34.6 Å². The highest BCUT2D eigenvalue weighted by atomic mass is 35.5. The number of carbonyl (C=O) groups excluding carboxylic acids is 1. The van der Waals surface area contributed by atoms with Gasteiger partial charge in [0.1, 0.15) is 17.3 Å². The maximum absolute atomic E-state index is 13.3. The molecular weight excluding hydrogens is 409 g/mol. The first kappa shape index (κ1) is 20.2. The molecule has 156 valence electrons. The van der Waals surface area contributed by atoms with Crippen LogP contribution in [-0.4, -0.2) is 29.9 Å². The molecule has 8 heteroatoms. The first-order valence-corrected chi connectivity index (χ1v) is 9.99. The first-order chi connectivity index (χ1) is 14.5. The molecule has 6 nitrogen and oxygen atoms in total. The minimum atomic E-state index is -0.353. The lowest BCUT2D eigenvalue weighted by Crippen LogP contribution is -2.16. The van der Waals surface area contributed by atoms with Gasteiger partial charge in [0.25, 0.3) is 5.91 Å². The minimum absolute atomic E-state index is 0.318. The van der Waals surface area contributed by atoms with E-state index in [-0.39, 0.29) is 11.7 Å². The number of nitrogens with zero attached hydrogens (tertiary/aromatic N) is 2. The van der Waals surface area contributed by atoms with E-state index in [0.29, 0.717) is 27.9 Å². The molecule has 0 bridgehead atoms. The van der Waals surface area contributed by atoms with Crippen LogP contribution in [0.15, 0.2) is 36.4 Å². The Hall–Kier alpha value is -3.06. The van der Waals surface area contributed by atoms with E-state index in [2.05, 4.69) is 10.4 Å². The Morgan fingerprint density at radius 1 is 1.10 bits per heavy atom. The average molecular weight is 430 g/mol. The van der Waals surface area contributed by atoms with Gasteiger partial charge in [-0.25, -0.2) is 9.07 Å². The van der Waals surface area contributed by atoms with Gasteiger partial charge in [0.05, 0.1) is 30.6 Å². The SMILES string of the molecule is COc1cc(OC)c(NC(=O)c2nn(-c3ccc(F)cc3)c3c2CCCC3)cc1Cl. The third-order valence-corrected chi connectivity index (χ3v) is 5.48. The van der Waals surface area contributed by atoms with Gasteiger partial charge in [-0.05, 0) is 56.0 Å². The number of methoxy groups -OCH3 is 2. The van der Waals surface area contributed by atoms with Gasteiger partial charge in [-0.3, -0.25) is 4.79 Å². The molecule has 1 aliphatic rings. The fraction of sp³-hybridized carbons (Fsp3) is 0.273. The zero-order chi connectivity index (χ0) is 21.3. The first-order valence-electron chi connectivity index (χ1n) is 9.61. The minimum Gasteiger partial charge on any atom is -0.495 e. The van der Waals surface area contributed by atoms with Crippen molar-refractivity contribution in [3.8, 4) is 17.2 Å². The third-order valence-electron chi connectivity index (χ3n) is 5.19. The molecule has 1 aliphatic carbocycles. The second kappa shape index (κ2) is 8.36. The van der Waals surface area contributed by atoms with Crippen LogP contribution in [-0.2, 0) is 12.8 Å². The highest BCUT2D eigenvalue weighted by Crippen LogP contribution is 2.36. The summed E-state index contributed by atoms with van der Waals surface area (Å²) in [6.07, 6.45) is 3.58. The lowest BCUT2D eigenvalue weighted by molar-refractivity contribution is 0.102. The number of nitrogens with one attached hydrogen (secondary N) is 1. The van der Waals surface area contributed by atoms with Crippen molar-refractivity contribution < 1.29 is 18.7 Å². The van der Waals surface area contributed by atoms with Gasteiger partial charge in [0.15, 0.2) is 5.69 Å². The molecule has 0 saturated carbocycles. The molecule has 0 aliphatic heterocycles. The summed E-state index contributed by atoms with van der Waals surface area (Å²) in [4.78, 5) is 13.1. The van der Waals surface area contributed by atoms with Crippen LogP contribution >= 0.6 is 11.6 Å². The van der Waals surface area contributed by atoms with Gasteiger partial charge < -0.3 is 14.8 Å². The molecule has 3 aromatic rings. The number of hydrogen-bond donors (Lipinski definition) is 1. The molecular formula is C22H21ClFN3O3. The Balaban J connectivity index is 1.72. The van der Waals surface area contributed by atoms with E-state index in [1.165, 1.54) is 26.4 Å². The second-order valence-electron chi connectivity index (χ2n) is 7.01. The summed E-state index contributed by atoms with van der Waals surface area (Å²) >= 11 is 6.22. The second-order valence-corrected chi connectivity index (χ2v) is 7.42. The summed E-state index contributed by atoms with van der Waals surface area (Å²) < 4.78 is 25.7. The van der Waals surface area contributed by atoms with Gasteiger partial charge in [-0.2, -0.15) is 5.10 Å². The van der Waals surface area contributed by atoms with E-state index in [4.69, 9.17) is 21.1 Å². The summed E-state index contributed by atoms with van der Waals surface area (Å²) in [5.41, 5.74) is 3.40. The largest absolute Gasteiger partial charge is 0.495 e. The molecule has 0 spiro atoms. The Kier molecular flexibility index (Phi) is 5.63. The summed E-state index contributed by atoms with van der Waals surface area (Å²) in [6, 6.07) is 9.29. The van der Waals surface area contributed by atoms with Crippen molar-refractivity contribution in [2.45, 2.75) is 25.7 Å². The van der Waals surface area contributed by atoms with E-state index in [0.717, 1.165) is 42.6 Å². The summed E-state index contributed by atoms with van der Waals surface area (Å²) in [7, 11) is 3.01. The number of rotatable bonds is 5. The lowest BCUT2D eigenvalue weighted by atomic mass is 9.95. The molecule has 0 unspecified atom stereocenters. The molecule has 0 radical (unpaired) electrons. The normalized spacial score (nSPS) is 12.9. The number of aromatic nitrogens is 2. The predicted octanol–water partition coefficient (Wildman–Crippen LogP) is 4.81. The summed E-state index contributed by atoms with van der Waals surface area (Å²) in [6.45, 7) is 0. The number of hydrogen-bond acceptors (Lipinski definition) is 4. The predicted molar refractivity (Wildman–Crippen MR) is 113 cm³/mol. The monoisotopic (exact) mass is 429 g/mol. The van der Waals surface area contributed by atoms with Crippen molar-refractivity contribution in [1.29, 1.82) is 0 Å². The van der Waals surface area contributed by atoms with Gasteiger partial charge in [-0.15, -0.1) is 0 Å². The topological polar surface area (TPSA) is 65.4 Å². The van der Waals surface area contributed by atoms with Crippen LogP contribution < -0.4 is 14.8 Å². The zero-order valence-electron chi connectivity index (χ0n) is 16.7. The summed E-state index contributed by atoms with van der Waals surface area (Å²) in [5, 5.41) is 7.79. The smallest absolute Gasteiger partial charge is 0.276 e. The van der Waals surface area contributed by atoms with E-state index >= 15 is 0 Å². The molecule has 1 aromatic heterocycles. The van der Waals surface area contributed by atoms with E-state index < -0.39 is 0 Å². The zero-order valence-corrected chi connectivity index (χ0v) is 17.4. The molecule has 2 aromatic carbocycles. The molecule has 1 N–H and O–H groups in total. The van der Waals surface area contributed by atoms with Gasteiger partial charge in [-0.1, -0.05) is 11.6 Å². The third kappa shape index (κ3) is 3.73. The number of ether oxygens (including phenoxy) is 2. The Morgan fingerprint density at radius 3 is 2.50 bits per heavy atom. The van der Waals surface area contributed by atoms with Crippen LogP contribution in [0.2, 0.25) is 5.02 Å². The van der Waals surface area contributed by atoms with E-state index in [1.54, 1.807) is 28.9 Å². The number of carbonyl (C=O) groups is 1. The highest BCUT2D eigenvalue weighted by Gasteiger charge is 2.26. The maximum Gasteiger partial charge on any atom is 0.276 e. The number of benzene rings is 2. The fourth-order valence-corrected chi connectivity index (χ4v) is 3.96. The molecule has 0 fully saturated rings. The number of anilines is 1. The fourth-order valence-electron chi connectivity index (χ4n) is 3.72. The van der Waals surface area contributed by atoms with Crippen molar-refractivity contribution in [2.75, 3.05) is 19.5 Å². The van der Waals surface area contributed by atoms with Crippen LogP contribution in [0, 0.1) is 5.82 Å². The molecule has 0 saturated heterocycles. The van der Waals surface area contributed by atoms with E-state index in [9.17, 15) is 9.18 Å². The number of fused-ring (bicyclic) bond motifs is 1. The van der Waals surface area contributed by atoms with Crippen LogP contribution in [0.5, 0.6) is 11.5 Å². The Bertz CT molecular complexity index is 1100. The molecule has 4 rings (SSSR count). The standard InChI is InChI=1S/C22H21ClFN3O3/c1-29-19-12-20(30-2)17(11-16(19)23)25-22(28)21-15-5-3-4-6-18(15)27(26-21)14-9-7-13(24)8-10-14/h7-12H,3-6H2,1-2H3,(H,25,28). The molecule has 0 atom stereocenters. The van der Waals surface area contributed by atoms with Gasteiger partial charge in [0.2, 0.25) is 0 Å². The number of amides is 1. The van der Waals surface area contributed by atoms with Crippen LogP contribution in [0.4, 0.5) is 10.1 Å². The van der Waals surface area contributed by atoms with Crippen molar-refractivity contribution in [2.24, 2.45) is 0 Å². The van der Waals surface area contributed by atoms with Crippen molar-refractivity contribution in [1.82, 2.24) is 9.78 Å². The van der Waals surface area contributed by atoms with Crippen molar-refractivity contribution >= 4 is 23.2 Å². The quantitative estimate of drug-likeness (QED) is 0.632. The van der Waals surface area contributed by atoms with Crippen LogP contribution in [0.3, 0.4) is 0 Å². The lowest BCUT2D eigenvalue weighted by Gasteiger charge is -2.15. The van der Waals surface area contributed by atoms with E-state index in [1.807, 2.05) is 0 Å².